The topological polar surface area (TPSA) is 42.2 Å². The number of hydrogen-bond donors (Lipinski definition) is 0. The first-order valence-corrected chi connectivity index (χ1v) is 5.50. The second-order valence-corrected chi connectivity index (χ2v) is 4.28. The molecule has 0 unspecified atom stereocenters. The van der Waals surface area contributed by atoms with Crippen LogP contribution in [0.15, 0.2) is 18.2 Å². The van der Waals surface area contributed by atoms with Gasteiger partial charge in [0, 0.05) is 17.4 Å². The summed E-state index contributed by atoms with van der Waals surface area (Å²) < 4.78 is 23.8. The Morgan fingerprint density at radius 1 is 1.53 bits per heavy atom. The molecule has 0 N–H and O–H groups in total. The average Bonchev–Trinajstić information content (AvgIpc) is 2.28. The first-order valence-electron chi connectivity index (χ1n) is 5.50. The van der Waals surface area contributed by atoms with Gasteiger partial charge >= 0.3 is 0 Å². The summed E-state index contributed by atoms with van der Waals surface area (Å²) in [6, 6.07) is 6.61. The van der Waals surface area contributed by atoms with Gasteiger partial charge in [-0.2, -0.15) is 5.26 Å². The highest BCUT2D eigenvalue weighted by Crippen LogP contribution is 2.41. The van der Waals surface area contributed by atoms with Gasteiger partial charge in [-0.15, -0.1) is 0 Å². The fourth-order valence-corrected chi connectivity index (χ4v) is 2.17. The highest BCUT2D eigenvalue weighted by atomic mass is 19.1. The van der Waals surface area contributed by atoms with Crippen LogP contribution in [-0.4, -0.2) is 20.3 Å². The molecule has 3 nitrogen and oxygen atoms in total. The quantitative estimate of drug-likeness (QED) is 0.804. The Balaban J connectivity index is 2.36. The smallest absolute Gasteiger partial charge is 0.123 e. The number of hydrogen-bond acceptors (Lipinski definition) is 3. The Labute approximate surface area is 99.8 Å². The SMILES string of the molecule is COc1ccc(F)cc1C1(CCC#N)COC1. The van der Waals surface area contributed by atoms with Gasteiger partial charge < -0.3 is 9.47 Å². The van der Waals surface area contributed by atoms with Crippen molar-refractivity contribution in [2.24, 2.45) is 0 Å². The third-order valence-corrected chi connectivity index (χ3v) is 3.20. The third kappa shape index (κ3) is 2.11. The van der Waals surface area contributed by atoms with Gasteiger partial charge in [-0.25, -0.2) is 4.39 Å². The Bertz CT molecular complexity index is 449. The average molecular weight is 235 g/mol. The number of methoxy groups -OCH3 is 1. The van der Waals surface area contributed by atoms with Crippen molar-refractivity contribution >= 4 is 0 Å². The van der Waals surface area contributed by atoms with Crippen LogP contribution in [0, 0.1) is 17.1 Å². The minimum atomic E-state index is -0.288. The predicted molar refractivity (Wildman–Crippen MR) is 60.3 cm³/mol. The number of nitriles is 1. The molecule has 1 aromatic rings. The zero-order chi connectivity index (χ0) is 12.3. The lowest BCUT2D eigenvalue weighted by molar-refractivity contribution is -0.0647. The molecule has 17 heavy (non-hydrogen) atoms. The van der Waals surface area contributed by atoms with Gasteiger partial charge in [-0.05, 0) is 24.6 Å². The zero-order valence-electron chi connectivity index (χ0n) is 9.70. The third-order valence-electron chi connectivity index (χ3n) is 3.20. The lowest BCUT2D eigenvalue weighted by Gasteiger charge is -2.42. The Hall–Kier alpha value is -1.60. The summed E-state index contributed by atoms with van der Waals surface area (Å²) in [6.45, 7) is 1.04. The van der Waals surface area contributed by atoms with Crippen LogP contribution in [0.4, 0.5) is 4.39 Å². The van der Waals surface area contributed by atoms with Crippen molar-refractivity contribution in [3.8, 4) is 11.8 Å². The van der Waals surface area contributed by atoms with E-state index < -0.39 is 0 Å². The maximum atomic E-state index is 13.3. The van der Waals surface area contributed by atoms with E-state index in [0.717, 1.165) is 5.56 Å². The number of rotatable bonds is 4. The van der Waals surface area contributed by atoms with Crippen LogP contribution >= 0.6 is 0 Å². The molecular weight excluding hydrogens is 221 g/mol. The van der Waals surface area contributed by atoms with Crippen LogP contribution in [-0.2, 0) is 10.2 Å². The molecule has 1 saturated heterocycles. The maximum Gasteiger partial charge on any atom is 0.123 e. The minimum Gasteiger partial charge on any atom is -0.496 e. The van der Waals surface area contributed by atoms with Crippen LogP contribution in [0.5, 0.6) is 5.75 Å². The number of halogens is 1. The molecule has 0 radical (unpaired) electrons. The second-order valence-electron chi connectivity index (χ2n) is 4.28. The first kappa shape index (κ1) is 11.9. The summed E-state index contributed by atoms with van der Waals surface area (Å²) in [5.74, 6) is 0.372. The molecule has 1 heterocycles. The first-order chi connectivity index (χ1) is 8.22. The van der Waals surface area contributed by atoms with Crippen molar-refractivity contribution < 1.29 is 13.9 Å². The van der Waals surface area contributed by atoms with E-state index in [1.807, 2.05) is 0 Å². The molecule has 0 amide bonds. The summed E-state index contributed by atoms with van der Waals surface area (Å²) in [6.07, 6.45) is 1.10. The van der Waals surface area contributed by atoms with Crippen molar-refractivity contribution in [3.05, 3.63) is 29.6 Å². The highest BCUT2D eigenvalue weighted by Gasteiger charge is 2.42. The van der Waals surface area contributed by atoms with E-state index in [1.165, 1.54) is 12.1 Å². The monoisotopic (exact) mass is 235 g/mol. The van der Waals surface area contributed by atoms with Crippen molar-refractivity contribution in [1.82, 2.24) is 0 Å². The maximum absolute atomic E-state index is 13.3. The van der Waals surface area contributed by atoms with Crippen molar-refractivity contribution in [2.45, 2.75) is 18.3 Å². The zero-order valence-corrected chi connectivity index (χ0v) is 9.70. The van der Waals surface area contributed by atoms with Crippen LogP contribution in [0.2, 0.25) is 0 Å². The normalized spacial score (nSPS) is 17.0. The lowest BCUT2D eigenvalue weighted by atomic mass is 9.74. The Morgan fingerprint density at radius 3 is 2.82 bits per heavy atom. The molecule has 0 aliphatic carbocycles. The van der Waals surface area contributed by atoms with Gasteiger partial charge in [0.15, 0.2) is 0 Å². The molecule has 0 aromatic heterocycles. The van der Waals surface area contributed by atoms with Gasteiger partial charge in [0.1, 0.15) is 11.6 Å². The summed E-state index contributed by atoms with van der Waals surface area (Å²) >= 11 is 0. The van der Waals surface area contributed by atoms with Gasteiger partial charge in [-0.3, -0.25) is 0 Å². The molecule has 0 saturated carbocycles. The molecule has 1 fully saturated rings. The standard InChI is InChI=1S/C13H14FNO2/c1-16-12-4-3-10(14)7-11(12)13(5-2-6-15)8-17-9-13/h3-4,7H,2,5,8-9H2,1H3. The summed E-state index contributed by atoms with van der Waals surface area (Å²) in [7, 11) is 1.56. The van der Waals surface area contributed by atoms with E-state index >= 15 is 0 Å². The molecule has 0 spiro atoms. The van der Waals surface area contributed by atoms with E-state index in [2.05, 4.69) is 6.07 Å². The van der Waals surface area contributed by atoms with Gasteiger partial charge in [0.2, 0.25) is 0 Å². The molecule has 0 atom stereocenters. The van der Waals surface area contributed by atoms with Crippen molar-refractivity contribution in [1.29, 1.82) is 5.26 Å². The molecule has 2 rings (SSSR count). The van der Waals surface area contributed by atoms with E-state index in [1.54, 1.807) is 13.2 Å². The van der Waals surface area contributed by atoms with E-state index in [9.17, 15) is 4.39 Å². The molecule has 1 aromatic carbocycles. The summed E-state index contributed by atoms with van der Waals surface area (Å²) in [5, 5.41) is 8.68. The van der Waals surface area contributed by atoms with Crippen molar-refractivity contribution in [2.75, 3.05) is 20.3 Å². The van der Waals surface area contributed by atoms with Crippen LogP contribution in [0.25, 0.3) is 0 Å². The van der Waals surface area contributed by atoms with E-state index in [0.29, 0.717) is 31.8 Å². The Morgan fingerprint density at radius 2 is 2.29 bits per heavy atom. The molecule has 1 aliphatic rings. The second kappa shape index (κ2) is 4.72. The van der Waals surface area contributed by atoms with Gasteiger partial charge in [0.25, 0.3) is 0 Å². The summed E-state index contributed by atoms with van der Waals surface area (Å²) in [4.78, 5) is 0. The van der Waals surface area contributed by atoms with Crippen LogP contribution in [0.1, 0.15) is 18.4 Å². The molecule has 1 aliphatic heterocycles. The highest BCUT2D eigenvalue weighted by molar-refractivity contribution is 5.41. The van der Waals surface area contributed by atoms with E-state index in [4.69, 9.17) is 14.7 Å². The Kier molecular flexibility index (Phi) is 3.30. The fraction of sp³-hybridized carbons (Fsp3) is 0.462. The van der Waals surface area contributed by atoms with Crippen molar-refractivity contribution in [3.63, 3.8) is 0 Å². The fourth-order valence-electron chi connectivity index (χ4n) is 2.17. The number of nitrogens with zero attached hydrogens (tertiary/aromatic N) is 1. The molecular formula is C13H14FNO2. The van der Waals surface area contributed by atoms with Gasteiger partial charge in [0.05, 0.1) is 26.4 Å². The minimum absolute atomic E-state index is 0.261. The predicted octanol–water partition coefficient (Wildman–Crippen LogP) is 2.41. The van der Waals surface area contributed by atoms with Crippen LogP contribution in [0.3, 0.4) is 0 Å². The molecule has 0 bridgehead atoms. The summed E-state index contributed by atoms with van der Waals surface area (Å²) in [5.41, 5.74) is 0.546. The largest absolute Gasteiger partial charge is 0.496 e. The lowest BCUT2D eigenvalue weighted by Crippen LogP contribution is -2.46. The van der Waals surface area contributed by atoms with E-state index in [-0.39, 0.29) is 11.2 Å². The molecule has 90 valence electrons. The number of ether oxygens (including phenoxy) is 2. The number of benzene rings is 1. The molecule has 4 heteroatoms. The van der Waals surface area contributed by atoms with Gasteiger partial charge in [-0.1, -0.05) is 0 Å². The van der Waals surface area contributed by atoms with Crippen LogP contribution < -0.4 is 4.74 Å².